The number of anilines is 1. The maximum Gasteiger partial charge on any atom is 0.253 e. The molecule has 16 heavy (non-hydrogen) atoms. The topological polar surface area (TPSA) is 32.7 Å². The fraction of sp³-hybridized carbons (Fsp3) is 0.333. The van der Waals surface area contributed by atoms with Gasteiger partial charge in [-0.2, -0.15) is 10.1 Å². The van der Waals surface area contributed by atoms with Crippen molar-refractivity contribution in [2.75, 3.05) is 5.01 Å². The highest BCUT2D eigenvalue weighted by Crippen LogP contribution is 2.33. The van der Waals surface area contributed by atoms with Crippen molar-refractivity contribution in [1.82, 2.24) is 0 Å². The van der Waals surface area contributed by atoms with E-state index in [4.69, 9.17) is 11.6 Å². The maximum absolute atomic E-state index is 11.7. The Balaban J connectivity index is 2.53. The zero-order valence-electron chi connectivity index (χ0n) is 9.54. The Hall–Kier alpha value is -1.35. The summed E-state index contributed by atoms with van der Waals surface area (Å²) in [5, 5.41) is 6.19. The maximum atomic E-state index is 11.7. The molecule has 0 saturated heterocycles. The molecule has 4 heteroatoms. The number of benzene rings is 1. The van der Waals surface area contributed by atoms with E-state index in [1.165, 1.54) is 5.01 Å². The van der Waals surface area contributed by atoms with Crippen LogP contribution in [0.15, 0.2) is 17.2 Å². The van der Waals surface area contributed by atoms with Gasteiger partial charge in [-0.25, -0.2) is 0 Å². The number of rotatable bonds is 1. The first kappa shape index (κ1) is 11.1. The minimum Gasteiger partial charge on any atom is -0.272 e. The molecule has 0 aliphatic carbocycles. The Morgan fingerprint density at radius 2 is 2.00 bits per heavy atom. The molecule has 0 unspecified atom stereocenters. The molecule has 1 aliphatic heterocycles. The molecule has 1 aliphatic rings. The normalized spacial score (nSPS) is 15.6. The van der Waals surface area contributed by atoms with Gasteiger partial charge in [0.2, 0.25) is 0 Å². The highest BCUT2D eigenvalue weighted by atomic mass is 35.5. The van der Waals surface area contributed by atoms with E-state index < -0.39 is 0 Å². The molecule has 1 amide bonds. The molecule has 0 spiro atoms. The Morgan fingerprint density at radius 1 is 1.31 bits per heavy atom. The number of nitrogens with zero attached hydrogens (tertiary/aromatic N) is 2. The van der Waals surface area contributed by atoms with Gasteiger partial charge in [0.25, 0.3) is 5.91 Å². The third-order valence-corrected chi connectivity index (χ3v) is 2.81. The van der Waals surface area contributed by atoms with Gasteiger partial charge in [0.05, 0.1) is 17.1 Å². The fourth-order valence-electron chi connectivity index (χ4n) is 1.91. The monoisotopic (exact) mass is 236 g/mol. The van der Waals surface area contributed by atoms with Crippen LogP contribution < -0.4 is 5.01 Å². The lowest BCUT2D eigenvalue weighted by Gasteiger charge is -2.16. The quantitative estimate of drug-likeness (QED) is 0.738. The van der Waals surface area contributed by atoms with E-state index in [9.17, 15) is 4.79 Å². The van der Waals surface area contributed by atoms with E-state index in [0.717, 1.165) is 16.8 Å². The number of hydrogen-bond donors (Lipinski definition) is 0. The lowest BCUT2D eigenvalue weighted by atomic mass is 10.1. The van der Waals surface area contributed by atoms with Crippen molar-refractivity contribution in [3.8, 4) is 0 Å². The largest absolute Gasteiger partial charge is 0.272 e. The van der Waals surface area contributed by atoms with Crippen LogP contribution in [0.1, 0.15) is 24.5 Å². The van der Waals surface area contributed by atoms with E-state index in [-0.39, 0.29) is 5.91 Å². The first-order chi connectivity index (χ1) is 7.49. The number of hydrazone groups is 1. The van der Waals surface area contributed by atoms with Gasteiger partial charge in [0.15, 0.2) is 0 Å². The molecule has 3 nitrogen and oxygen atoms in total. The molecule has 0 fully saturated rings. The van der Waals surface area contributed by atoms with Crippen molar-refractivity contribution in [2.24, 2.45) is 5.10 Å². The third-order valence-electron chi connectivity index (χ3n) is 2.52. The molecule has 0 bridgehead atoms. The van der Waals surface area contributed by atoms with E-state index in [1.54, 1.807) is 0 Å². The van der Waals surface area contributed by atoms with Gasteiger partial charge in [0, 0.05) is 5.71 Å². The van der Waals surface area contributed by atoms with Crippen LogP contribution in [-0.2, 0) is 4.79 Å². The average Bonchev–Trinajstić information content (AvgIpc) is 2.43. The molecule has 1 heterocycles. The minimum absolute atomic E-state index is 0.0219. The van der Waals surface area contributed by atoms with E-state index in [1.807, 2.05) is 32.9 Å². The summed E-state index contributed by atoms with van der Waals surface area (Å²) < 4.78 is 0. The molecule has 0 aromatic heterocycles. The molecule has 1 aromatic rings. The van der Waals surface area contributed by atoms with Crippen molar-refractivity contribution in [2.45, 2.75) is 27.2 Å². The van der Waals surface area contributed by atoms with Crippen molar-refractivity contribution < 1.29 is 4.79 Å². The first-order valence-corrected chi connectivity index (χ1v) is 5.50. The van der Waals surface area contributed by atoms with Gasteiger partial charge < -0.3 is 0 Å². The number of carbonyl (C=O) groups is 1. The summed E-state index contributed by atoms with van der Waals surface area (Å²) in [6, 6.07) is 3.85. The lowest BCUT2D eigenvalue weighted by molar-refractivity contribution is -0.116. The van der Waals surface area contributed by atoms with Crippen molar-refractivity contribution in [1.29, 1.82) is 0 Å². The van der Waals surface area contributed by atoms with E-state index in [0.29, 0.717) is 17.1 Å². The Kier molecular flexibility index (Phi) is 2.72. The van der Waals surface area contributed by atoms with Crippen LogP contribution in [0.25, 0.3) is 0 Å². The standard InChI is InChI=1S/C12H13ClN2O/c1-7-4-8(2)12(10(13)5-7)15-11(16)6-9(3)14-15/h4-5H,6H2,1-3H3. The molecule has 0 atom stereocenters. The van der Waals surface area contributed by atoms with Crippen molar-refractivity contribution in [3.63, 3.8) is 0 Å². The van der Waals surface area contributed by atoms with Gasteiger partial charge in [-0.1, -0.05) is 17.7 Å². The van der Waals surface area contributed by atoms with Crippen LogP contribution in [0, 0.1) is 13.8 Å². The van der Waals surface area contributed by atoms with Crippen LogP contribution in [-0.4, -0.2) is 11.6 Å². The Bertz CT molecular complexity index is 471. The molecular formula is C12H13ClN2O. The third kappa shape index (κ3) is 1.83. The number of carbonyl (C=O) groups excluding carboxylic acids is 1. The Labute approximate surface area is 99.7 Å². The smallest absolute Gasteiger partial charge is 0.253 e. The number of amides is 1. The molecule has 0 radical (unpaired) electrons. The first-order valence-electron chi connectivity index (χ1n) is 5.13. The fourth-order valence-corrected chi connectivity index (χ4v) is 2.31. The van der Waals surface area contributed by atoms with Gasteiger partial charge in [0.1, 0.15) is 0 Å². The summed E-state index contributed by atoms with van der Waals surface area (Å²) in [6.07, 6.45) is 0.379. The summed E-state index contributed by atoms with van der Waals surface area (Å²) >= 11 is 6.16. The van der Waals surface area contributed by atoms with Crippen LogP contribution in [0.2, 0.25) is 5.02 Å². The van der Waals surface area contributed by atoms with Gasteiger partial charge in [-0.05, 0) is 38.0 Å². The second-order valence-electron chi connectivity index (χ2n) is 4.13. The van der Waals surface area contributed by atoms with Crippen molar-refractivity contribution >= 4 is 28.9 Å². The highest BCUT2D eigenvalue weighted by Gasteiger charge is 2.25. The SMILES string of the molecule is CC1=NN(c2c(C)cc(C)cc2Cl)C(=O)C1. The summed E-state index contributed by atoms with van der Waals surface area (Å²) in [6.45, 7) is 5.75. The summed E-state index contributed by atoms with van der Waals surface area (Å²) in [4.78, 5) is 11.7. The van der Waals surface area contributed by atoms with Gasteiger partial charge in [-0.3, -0.25) is 4.79 Å². The molecule has 0 saturated carbocycles. The van der Waals surface area contributed by atoms with Crippen LogP contribution in [0.3, 0.4) is 0 Å². The number of halogens is 1. The van der Waals surface area contributed by atoms with Crippen LogP contribution in [0.5, 0.6) is 0 Å². The second kappa shape index (κ2) is 3.91. The molecule has 2 rings (SSSR count). The average molecular weight is 237 g/mol. The second-order valence-corrected chi connectivity index (χ2v) is 4.54. The molecule has 84 valence electrons. The zero-order chi connectivity index (χ0) is 11.9. The highest BCUT2D eigenvalue weighted by molar-refractivity contribution is 6.34. The lowest BCUT2D eigenvalue weighted by Crippen LogP contribution is -2.21. The summed E-state index contributed by atoms with van der Waals surface area (Å²) in [5.41, 5.74) is 3.57. The van der Waals surface area contributed by atoms with E-state index in [2.05, 4.69) is 5.10 Å². The Morgan fingerprint density at radius 3 is 2.50 bits per heavy atom. The van der Waals surface area contributed by atoms with Gasteiger partial charge >= 0.3 is 0 Å². The molecular weight excluding hydrogens is 224 g/mol. The zero-order valence-corrected chi connectivity index (χ0v) is 10.3. The predicted molar refractivity (Wildman–Crippen MR) is 66.1 cm³/mol. The minimum atomic E-state index is -0.0219. The van der Waals surface area contributed by atoms with E-state index >= 15 is 0 Å². The summed E-state index contributed by atoms with van der Waals surface area (Å²) in [7, 11) is 0. The van der Waals surface area contributed by atoms with Crippen LogP contribution >= 0.6 is 11.6 Å². The number of hydrogen-bond acceptors (Lipinski definition) is 2. The molecule has 0 N–H and O–H groups in total. The predicted octanol–water partition coefficient (Wildman–Crippen LogP) is 3.07. The summed E-state index contributed by atoms with van der Waals surface area (Å²) in [5.74, 6) is -0.0219. The van der Waals surface area contributed by atoms with Crippen molar-refractivity contribution in [3.05, 3.63) is 28.3 Å². The molecule has 1 aromatic carbocycles. The van der Waals surface area contributed by atoms with Crippen LogP contribution in [0.4, 0.5) is 5.69 Å². The van der Waals surface area contributed by atoms with Gasteiger partial charge in [-0.15, -0.1) is 0 Å². The number of aryl methyl sites for hydroxylation is 2.